The van der Waals surface area contributed by atoms with Crippen LogP contribution in [0.15, 0.2) is 65.8 Å². The molecule has 0 heterocycles. The second kappa shape index (κ2) is 14.5. The monoisotopic (exact) mass is 478 g/mol. The van der Waals surface area contributed by atoms with E-state index in [0.717, 1.165) is 11.1 Å². The van der Waals surface area contributed by atoms with Crippen LogP contribution in [0.4, 0.5) is 0 Å². The van der Waals surface area contributed by atoms with Crippen molar-refractivity contribution in [3.05, 3.63) is 71.8 Å². The number of hydrogen-bond acceptors (Lipinski definition) is 5. The van der Waals surface area contributed by atoms with Crippen molar-refractivity contribution in [2.24, 2.45) is 16.8 Å². The van der Waals surface area contributed by atoms with Gasteiger partial charge >= 0.3 is 11.8 Å². The molecule has 0 radical (unpaired) electrons. The first-order chi connectivity index (χ1) is 16.8. The number of carbonyl (C=O) groups is 4. The lowest BCUT2D eigenvalue weighted by Crippen LogP contribution is -2.35. The van der Waals surface area contributed by atoms with Crippen LogP contribution in [0.2, 0.25) is 0 Å². The van der Waals surface area contributed by atoms with Crippen molar-refractivity contribution >= 4 is 29.2 Å². The highest BCUT2D eigenvalue weighted by Gasteiger charge is 2.24. The van der Waals surface area contributed by atoms with Gasteiger partial charge in [0.05, 0.1) is 5.92 Å². The number of nitrogens with zero attached hydrogens (tertiary/aromatic N) is 2. The van der Waals surface area contributed by atoms with Gasteiger partial charge in [-0.15, -0.1) is 0 Å². The molecule has 8 heteroatoms. The molecule has 0 aliphatic rings. The van der Waals surface area contributed by atoms with Gasteiger partial charge in [-0.3, -0.25) is 19.2 Å². The maximum Gasteiger partial charge on any atom is 0.329 e. The normalized spacial score (nSPS) is 12.0. The largest absolute Gasteiger partial charge is 0.361 e. The number of ketones is 1. The van der Waals surface area contributed by atoms with E-state index < -0.39 is 17.7 Å². The topological polar surface area (TPSA) is 122 Å². The molecule has 0 saturated carbocycles. The van der Waals surface area contributed by atoms with Gasteiger partial charge < -0.3 is 10.6 Å². The smallest absolute Gasteiger partial charge is 0.329 e. The number of carbonyl (C=O) groups excluding carboxylic acids is 4. The van der Waals surface area contributed by atoms with Crippen molar-refractivity contribution in [1.29, 1.82) is 0 Å². The molecule has 0 aromatic heterocycles. The van der Waals surface area contributed by atoms with Crippen molar-refractivity contribution in [3.63, 3.8) is 0 Å². The first-order valence-corrected chi connectivity index (χ1v) is 11.9. The first kappa shape index (κ1) is 27.4. The van der Waals surface area contributed by atoms with E-state index in [-0.39, 0.29) is 24.5 Å². The van der Waals surface area contributed by atoms with Crippen molar-refractivity contribution in [1.82, 2.24) is 10.3 Å². The molecule has 186 valence electrons. The van der Waals surface area contributed by atoms with E-state index in [1.165, 1.54) is 0 Å². The molecule has 0 saturated heterocycles. The molecule has 0 aliphatic heterocycles. The van der Waals surface area contributed by atoms with E-state index in [1.807, 2.05) is 74.5 Å². The van der Waals surface area contributed by atoms with Crippen LogP contribution in [0.25, 0.3) is 0 Å². The number of hydrazone groups is 1. The predicted octanol–water partition coefficient (Wildman–Crippen LogP) is 3.35. The maximum atomic E-state index is 13.2. The van der Waals surface area contributed by atoms with E-state index in [2.05, 4.69) is 10.5 Å². The summed E-state index contributed by atoms with van der Waals surface area (Å²) in [7, 11) is 0. The van der Waals surface area contributed by atoms with E-state index >= 15 is 0 Å². The number of nitrogens with one attached hydrogen (secondary N) is 1. The zero-order valence-corrected chi connectivity index (χ0v) is 20.4. The summed E-state index contributed by atoms with van der Waals surface area (Å²) in [5.41, 5.74) is 9.58. The number of benzene rings is 2. The van der Waals surface area contributed by atoms with Crippen molar-refractivity contribution in [3.8, 4) is 0 Å². The molecule has 0 bridgehead atoms. The third-order valence-corrected chi connectivity index (χ3v) is 5.60. The Kier molecular flexibility index (Phi) is 11.3. The lowest BCUT2D eigenvalue weighted by atomic mass is 9.90. The molecular weight excluding hydrogens is 444 g/mol. The fourth-order valence-corrected chi connectivity index (χ4v) is 3.79. The van der Waals surface area contributed by atoms with Gasteiger partial charge in [0.15, 0.2) is 0 Å². The Morgan fingerprint density at radius 1 is 0.857 bits per heavy atom. The maximum absolute atomic E-state index is 13.2. The SMILES string of the molecule is CCC/C(=N\NC(=O)C(N)=O)[C@@H](CC)C(=O)CCC(=O)N(Cc1ccccc1)Cc1ccccc1. The van der Waals surface area contributed by atoms with Crippen LogP contribution in [-0.2, 0) is 32.3 Å². The molecule has 3 N–H and O–H groups in total. The summed E-state index contributed by atoms with van der Waals surface area (Å²) in [5.74, 6) is -2.97. The van der Waals surface area contributed by atoms with Crippen LogP contribution in [-0.4, -0.2) is 34.1 Å². The fraction of sp³-hybridized carbons (Fsp3) is 0.370. The van der Waals surface area contributed by atoms with Crippen LogP contribution >= 0.6 is 0 Å². The summed E-state index contributed by atoms with van der Waals surface area (Å²) in [6.07, 6.45) is 1.78. The van der Waals surface area contributed by atoms with Crippen molar-refractivity contribution in [2.75, 3.05) is 0 Å². The number of Topliss-reactive ketones (excluding diaryl/α,β-unsaturated/α-hetero) is 1. The third-order valence-electron chi connectivity index (χ3n) is 5.60. The Balaban J connectivity index is 2.10. The molecule has 2 aromatic carbocycles. The Labute approximate surface area is 206 Å². The molecule has 35 heavy (non-hydrogen) atoms. The Morgan fingerprint density at radius 2 is 1.40 bits per heavy atom. The fourth-order valence-electron chi connectivity index (χ4n) is 3.79. The second-order valence-electron chi connectivity index (χ2n) is 8.31. The minimum atomic E-state index is -1.15. The molecule has 0 unspecified atom stereocenters. The van der Waals surface area contributed by atoms with Gasteiger partial charge in [-0.05, 0) is 24.0 Å². The van der Waals surface area contributed by atoms with Crippen molar-refractivity contribution in [2.45, 2.75) is 59.0 Å². The summed E-state index contributed by atoms with van der Waals surface area (Å²) in [4.78, 5) is 50.5. The summed E-state index contributed by atoms with van der Waals surface area (Å²) in [5, 5.41) is 4.00. The van der Waals surface area contributed by atoms with E-state index in [4.69, 9.17) is 5.73 Å². The van der Waals surface area contributed by atoms with Crippen LogP contribution in [0.3, 0.4) is 0 Å². The third kappa shape index (κ3) is 9.16. The van der Waals surface area contributed by atoms with Gasteiger partial charge in [0, 0.05) is 31.6 Å². The lowest BCUT2D eigenvalue weighted by Gasteiger charge is -2.24. The summed E-state index contributed by atoms with van der Waals surface area (Å²) in [6, 6.07) is 19.5. The number of rotatable bonds is 13. The highest BCUT2D eigenvalue weighted by molar-refractivity contribution is 6.34. The number of amides is 3. The molecule has 0 spiro atoms. The summed E-state index contributed by atoms with van der Waals surface area (Å²) in [6.45, 7) is 4.67. The molecule has 8 nitrogen and oxygen atoms in total. The Morgan fingerprint density at radius 3 is 1.86 bits per heavy atom. The van der Waals surface area contributed by atoms with Gasteiger partial charge in [-0.2, -0.15) is 5.10 Å². The van der Waals surface area contributed by atoms with Gasteiger partial charge in [0.2, 0.25) is 5.91 Å². The summed E-state index contributed by atoms with van der Waals surface area (Å²) >= 11 is 0. The molecule has 3 amide bonds. The van der Waals surface area contributed by atoms with Crippen LogP contribution in [0, 0.1) is 5.92 Å². The van der Waals surface area contributed by atoms with Crippen molar-refractivity contribution < 1.29 is 19.2 Å². The van der Waals surface area contributed by atoms with Gasteiger partial charge in [0.1, 0.15) is 5.78 Å². The standard InChI is InChI=1S/C27H34N4O4/c1-3-11-23(29-30-27(35)26(28)34)22(4-2)24(32)16-17-25(33)31(18-20-12-7-5-8-13-20)19-21-14-9-6-10-15-21/h5-10,12-15,22H,3-4,11,16-19H2,1-2H3,(H2,28,34)(H,30,35)/b29-23+/t22-/m1/s1. The van der Waals surface area contributed by atoms with E-state index in [9.17, 15) is 19.2 Å². The molecule has 2 aromatic rings. The minimum absolute atomic E-state index is 0.0594. The summed E-state index contributed by atoms with van der Waals surface area (Å²) < 4.78 is 0. The average Bonchev–Trinajstić information content (AvgIpc) is 2.86. The van der Waals surface area contributed by atoms with Gasteiger partial charge in [0.25, 0.3) is 0 Å². The van der Waals surface area contributed by atoms with E-state index in [1.54, 1.807) is 4.90 Å². The Hall–Kier alpha value is -3.81. The average molecular weight is 479 g/mol. The lowest BCUT2D eigenvalue weighted by molar-refractivity contribution is -0.137. The second-order valence-corrected chi connectivity index (χ2v) is 8.31. The van der Waals surface area contributed by atoms with Crippen LogP contribution in [0.1, 0.15) is 57.1 Å². The molecule has 1 atom stereocenters. The molecule has 0 aliphatic carbocycles. The molecular formula is C27H34N4O4. The highest BCUT2D eigenvalue weighted by atomic mass is 16.2. The molecule has 0 fully saturated rings. The number of primary amides is 1. The van der Waals surface area contributed by atoms with Crippen LogP contribution in [0.5, 0.6) is 0 Å². The zero-order valence-electron chi connectivity index (χ0n) is 20.4. The minimum Gasteiger partial charge on any atom is -0.361 e. The number of hydrogen-bond donors (Lipinski definition) is 2. The Bertz CT molecular complexity index is 980. The zero-order chi connectivity index (χ0) is 25.6. The molecule has 2 rings (SSSR count). The predicted molar refractivity (Wildman–Crippen MR) is 135 cm³/mol. The van der Waals surface area contributed by atoms with Gasteiger partial charge in [-0.1, -0.05) is 80.9 Å². The van der Waals surface area contributed by atoms with Crippen LogP contribution < -0.4 is 11.2 Å². The first-order valence-electron chi connectivity index (χ1n) is 11.9. The number of nitrogens with two attached hydrogens (primary N) is 1. The quantitative estimate of drug-likeness (QED) is 0.260. The van der Waals surface area contributed by atoms with Gasteiger partial charge in [-0.25, -0.2) is 5.43 Å². The highest BCUT2D eigenvalue weighted by Crippen LogP contribution is 2.17. The van der Waals surface area contributed by atoms with E-state index in [0.29, 0.717) is 38.1 Å².